The Bertz CT molecular complexity index is 72.0. The molecule has 2 atom stereocenters. The van der Waals surface area contributed by atoms with Gasteiger partial charge in [0.2, 0.25) is 0 Å². The molecular weight excluding hydrogens is 138 g/mol. The summed E-state index contributed by atoms with van der Waals surface area (Å²) in [7, 11) is 0. The normalized spacial score (nSPS) is 17.3. The quantitative estimate of drug-likeness (QED) is 0.378. The van der Waals surface area contributed by atoms with Crippen LogP contribution in [0.3, 0.4) is 0 Å². The molecule has 0 aromatic heterocycles. The van der Waals surface area contributed by atoms with Crippen LogP contribution >= 0.6 is 12.6 Å². The molecule has 0 spiro atoms. The maximum absolute atomic E-state index is 8.92. The zero-order chi connectivity index (χ0) is 7.28. The zero-order valence-corrected chi connectivity index (χ0v) is 6.34. The topological polar surface area (TPSA) is 55.5 Å². The highest BCUT2D eigenvalue weighted by molar-refractivity contribution is 7.80. The highest BCUT2D eigenvalue weighted by Crippen LogP contribution is 1.93. The van der Waals surface area contributed by atoms with Crippen molar-refractivity contribution < 1.29 is 9.84 Å². The molecule has 0 saturated heterocycles. The van der Waals surface area contributed by atoms with Crippen molar-refractivity contribution in [3.8, 4) is 0 Å². The predicted molar refractivity (Wildman–Crippen MR) is 39.5 cm³/mol. The van der Waals surface area contributed by atoms with Crippen molar-refractivity contribution in [3.63, 3.8) is 0 Å². The summed E-state index contributed by atoms with van der Waals surface area (Å²) in [6.07, 6.45) is -0.868. The lowest BCUT2D eigenvalue weighted by Crippen LogP contribution is -2.38. The molecule has 0 aliphatic heterocycles. The number of ether oxygens (including phenoxy) is 1. The van der Waals surface area contributed by atoms with Crippen molar-refractivity contribution in [3.05, 3.63) is 0 Å². The second-order valence-corrected chi connectivity index (χ2v) is 2.06. The number of thiol groups is 1. The van der Waals surface area contributed by atoms with Gasteiger partial charge in [-0.25, -0.2) is 0 Å². The molecule has 3 nitrogen and oxygen atoms in total. The smallest absolute Gasteiger partial charge is 0.170 e. The van der Waals surface area contributed by atoms with Gasteiger partial charge >= 0.3 is 0 Å². The molecule has 0 radical (unpaired) electrons. The molecular formula is C5H13NO2S. The number of rotatable bonds is 4. The Labute approximate surface area is 60.6 Å². The molecule has 4 heteroatoms. The van der Waals surface area contributed by atoms with E-state index in [9.17, 15) is 0 Å². The summed E-state index contributed by atoms with van der Waals surface area (Å²) in [4.78, 5) is 0. The van der Waals surface area contributed by atoms with E-state index in [1.54, 1.807) is 6.92 Å². The summed E-state index contributed by atoms with van der Waals surface area (Å²) in [5.41, 5.74) is 5.35. The third kappa shape index (κ3) is 3.75. The monoisotopic (exact) mass is 151 g/mol. The van der Waals surface area contributed by atoms with Gasteiger partial charge in [0.05, 0.1) is 6.04 Å². The summed E-state index contributed by atoms with van der Waals surface area (Å²) in [6.45, 7) is 2.27. The molecule has 56 valence electrons. The van der Waals surface area contributed by atoms with E-state index in [1.807, 2.05) is 0 Å². The summed E-state index contributed by atoms with van der Waals surface area (Å²) in [6, 6.07) is -0.381. The van der Waals surface area contributed by atoms with Crippen molar-refractivity contribution in [2.75, 3.05) is 12.4 Å². The molecule has 9 heavy (non-hydrogen) atoms. The molecule has 0 aliphatic carbocycles. The number of hydrogen-bond donors (Lipinski definition) is 3. The molecule has 0 bridgehead atoms. The molecule has 1 unspecified atom stereocenters. The van der Waals surface area contributed by atoms with Crippen LogP contribution in [0.2, 0.25) is 0 Å². The van der Waals surface area contributed by atoms with Crippen LogP contribution in [0.25, 0.3) is 0 Å². The van der Waals surface area contributed by atoms with Crippen LogP contribution in [-0.2, 0) is 4.74 Å². The van der Waals surface area contributed by atoms with Crippen LogP contribution in [0.1, 0.15) is 6.92 Å². The molecule has 0 aromatic rings. The van der Waals surface area contributed by atoms with Crippen LogP contribution in [0, 0.1) is 0 Å². The van der Waals surface area contributed by atoms with Crippen molar-refractivity contribution in [1.29, 1.82) is 0 Å². The van der Waals surface area contributed by atoms with Crippen LogP contribution < -0.4 is 5.73 Å². The van der Waals surface area contributed by atoms with E-state index in [0.717, 1.165) is 0 Å². The van der Waals surface area contributed by atoms with Gasteiger partial charge in [0.1, 0.15) is 0 Å². The maximum Gasteiger partial charge on any atom is 0.170 e. The van der Waals surface area contributed by atoms with Crippen molar-refractivity contribution in [2.45, 2.75) is 19.3 Å². The summed E-state index contributed by atoms with van der Waals surface area (Å²) in [5, 5.41) is 8.92. The van der Waals surface area contributed by atoms with Gasteiger partial charge in [-0.2, -0.15) is 12.6 Å². The second-order valence-electron chi connectivity index (χ2n) is 1.69. The summed E-state index contributed by atoms with van der Waals surface area (Å²) < 4.78 is 4.78. The van der Waals surface area contributed by atoms with E-state index in [0.29, 0.717) is 12.4 Å². The Kier molecular flexibility index (Phi) is 5.18. The lowest BCUT2D eigenvalue weighted by Gasteiger charge is -2.15. The number of aliphatic hydroxyl groups is 1. The van der Waals surface area contributed by atoms with Gasteiger partial charge in [-0.05, 0) is 6.92 Å². The molecule has 0 aromatic carbocycles. The van der Waals surface area contributed by atoms with Gasteiger partial charge in [0, 0.05) is 12.4 Å². The fourth-order valence-electron chi connectivity index (χ4n) is 0.385. The first-order valence-electron chi connectivity index (χ1n) is 2.88. The Balaban J connectivity index is 3.32. The standard InChI is InChI=1S/C5H13NO2S/c1-2-8-5(7)4(6)3-9/h4-5,7,9H,2-3,6H2,1H3/t4-,5?/m0/s1. The van der Waals surface area contributed by atoms with E-state index in [1.165, 1.54) is 0 Å². The van der Waals surface area contributed by atoms with Gasteiger partial charge < -0.3 is 15.6 Å². The third-order valence-electron chi connectivity index (χ3n) is 0.915. The van der Waals surface area contributed by atoms with E-state index >= 15 is 0 Å². The number of aliphatic hydroxyl groups excluding tert-OH is 1. The first-order chi connectivity index (χ1) is 4.22. The van der Waals surface area contributed by atoms with Crippen molar-refractivity contribution in [1.82, 2.24) is 0 Å². The first-order valence-corrected chi connectivity index (χ1v) is 3.51. The Morgan fingerprint density at radius 3 is 2.67 bits per heavy atom. The highest BCUT2D eigenvalue weighted by atomic mass is 32.1. The summed E-state index contributed by atoms with van der Waals surface area (Å²) in [5.74, 6) is 0.432. The van der Waals surface area contributed by atoms with Crippen molar-refractivity contribution >= 4 is 12.6 Å². The SMILES string of the molecule is CCOC(O)[C@@H](N)CS. The third-order valence-corrected chi connectivity index (χ3v) is 1.34. The largest absolute Gasteiger partial charge is 0.367 e. The minimum atomic E-state index is -0.868. The van der Waals surface area contributed by atoms with Crippen LogP contribution in [0.15, 0.2) is 0 Å². The molecule has 0 saturated carbocycles. The van der Waals surface area contributed by atoms with E-state index in [-0.39, 0.29) is 6.04 Å². The van der Waals surface area contributed by atoms with Gasteiger partial charge in [0.15, 0.2) is 6.29 Å². The molecule has 0 aliphatic rings. The lowest BCUT2D eigenvalue weighted by molar-refractivity contribution is -0.104. The molecule has 3 N–H and O–H groups in total. The number of hydrogen-bond acceptors (Lipinski definition) is 4. The summed E-state index contributed by atoms with van der Waals surface area (Å²) >= 11 is 3.88. The van der Waals surface area contributed by atoms with Gasteiger partial charge in [-0.15, -0.1) is 0 Å². The van der Waals surface area contributed by atoms with Crippen LogP contribution in [0.5, 0.6) is 0 Å². The molecule has 0 heterocycles. The van der Waals surface area contributed by atoms with E-state index in [4.69, 9.17) is 15.6 Å². The Morgan fingerprint density at radius 2 is 2.33 bits per heavy atom. The Hall–Kier alpha value is 0.230. The zero-order valence-electron chi connectivity index (χ0n) is 5.45. The van der Waals surface area contributed by atoms with E-state index in [2.05, 4.69) is 12.6 Å². The Morgan fingerprint density at radius 1 is 1.78 bits per heavy atom. The number of nitrogens with two attached hydrogens (primary N) is 1. The molecule has 0 fully saturated rings. The fourth-order valence-corrected chi connectivity index (χ4v) is 0.565. The first kappa shape index (κ1) is 9.23. The average Bonchev–Trinajstić information content (AvgIpc) is 1.87. The highest BCUT2D eigenvalue weighted by Gasteiger charge is 2.11. The average molecular weight is 151 g/mol. The van der Waals surface area contributed by atoms with Gasteiger partial charge in [-0.1, -0.05) is 0 Å². The van der Waals surface area contributed by atoms with Gasteiger partial charge in [0.25, 0.3) is 0 Å². The minimum Gasteiger partial charge on any atom is -0.367 e. The predicted octanol–water partition coefficient (Wildman–Crippen LogP) is -0.402. The van der Waals surface area contributed by atoms with Crippen molar-refractivity contribution in [2.24, 2.45) is 5.73 Å². The second kappa shape index (κ2) is 5.05. The fraction of sp³-hybridized carbons (Fsp3) is 1.00. The molecule has 0 amide bonds. The lowest BCUT2D eigenvalue weighted by atomic mass is 10.3. The van der Waals surface area contributed by atoms with E-state index < -0.39 is 6.29 Å². The maximum atomic E-state index is 8.92. The van der Waals surface area contributed by atoms with Crippen LogP contribution in [-0.4, -0.2) is 29.8 Å². The van der Waals surface area contributed by atoms with Gasteiger partial charge in [-0.3, -0.25) is 0 Å². The minimum absolute atomic E-state index is 0.381. The van der Waals surface area contributed by atoms with Crippen LogP contribution in [0.4, 0.5) is 0 Å². The molecule has 0 rings (SSSR count).